The molecule has 4 amide bonds. The van der Waals surface area contributed by atoms with E-state index in [2.05, 4.69) is 19.2 Å². The van der Waals surface area contributed by atoms with Gasteiger partial charge in [0, 0.05) is 47.7 Å². The third kappa shape index (κ3) is 9.50. The van der Waals surface area contributed by atoms with E-state index in [1.54, 1.807) is 38.0 Å². The van der Waals surface area contributed by atoms with Crippen LogP contribution in [0.2, 0.25) is 0 Å². The van der Waals surface area contributed by atoms with Crippen LogP contribution in [0.5, 0.6) is 0 Å². The maximum atomic E-state index is 13.8. The highest BCUT2D eigenvalue weighted by Gasteiger charge is 2.42. The molecule has 252 valence electrons. The third-order valence-electron chi connectivity index (χ3n) is 9.55. The second-order valence-electron chi connectivity index (χ2n) is 12.5. The number of nitrogens with zero attached hydrogens (tertiary/aromatic N) is 3. The van der Waals surface area contributed by atoms with Crippen LogP contribution in [0.1, 0.15) is 71.8 Å². The highest BCUT2D eigenvalue weighted by atomic mass is 16.7. The van der Waals surface area contributed by atoms with Crippen molar-refractivity contribution in [1.29, 1.82) is 0 Å². The lowest BCUT2D eigenvalue weighted by molar-refractivity contribution is -0.199. The van der Waals surface area contributed by atoms with Crippen molar-refractivity contribution < 1.29 is 33.5 Å². The summed E-state index contributed by atoms with van der Waals surface area (Å²) in [4.78, 5) is 62.5. The molecule has 11 heteroatoms. The molecule has 0 saturated carbocycles. The van der Waals surface area contributed by atoms with Gasteiger partial charge in [-0.3, -0.25) is 24.0 Å². The van der Waals surface area contributed by atoms with Crippen LogP contribution < -0.4 is 5.32 Å². The Morgan fingerprint density at radius 1 is 1.04 bits per heavy atom. The molecule has 1 N–H and O–H groups in total. The van der Waals surface area contributed by atoms with Crippen LogP contribution in [-0.4, -0.2) is 110 Å². The van der Waals surface area contributed by atoms with E-state index in [4.69, 9.17) is 14.3 Å². The molecule has 0 aromatic heterocycles. The van der Waals surface area contributed by atoms with E-state index < -0.39 is 24.2 Å². The van der Waals surface area contributed by atoms with E-state index >= 15 is 0 Å². The number of hydrogen-bond donors (Lipinski definition) is 1. The Labute approximate surface area is 268 Å². The first kappa shape index (κ1) is 36.4. The van der Waals surface area contributed by atoms with Gasteiger partial charge in [0.1, 0.15) is 6.04 Å². The minimum absolute atomic E-state index is 0.0796. The Balaban J connectivity index is 1.75. The Kier molecular flexibility index (Phi) is 14.3. The minimum atomic E-state index is -0.808. The smallest absolute Gasteiger partial charge is 0.269 e. The molecule has 2 heterocycles. The second-order valence-corrected chi connectivity index (χ2v) is 12.5. The molecule has 3 rings (SSSR count). The fraction of sp³-hybridized carbons (Fsp3) is 0.706. The number of hydrogen-bond acceptors (Lipinski definition) is 7. The molecule has 11 nitrogen and oxygen atoms in total. The quantitative estimate of drug-likeness (QED) is 0.316. The number of carbonyl (C=O) groups is 4. The van der Waals surface area contributed by atoms with Gasteiger partial charge in [-0.15, -0.1) is 0 Å². The summed E-state index contributed by atoms with van der Waals surface area (Å²) in [5.74, 6) is -1.28. The molecule has 7 atom stereocenters. The first-order valence-corrected chi connectivity index (χ1v) is 16.4. The molecule has 2 aliphatic rings. The van der Waals surface area contributed by atoms with Gasteiger partial charge in [0.25, 0.3) is 5.91 Å². The predicted molar refractivity (Wildman–Crippen MR) is 171 cm³/mol. The van der Waals surface area contributed by atoms with Crippen molar-refractivity contribution in [2.24, 2.45) is 11.8 Å². The van der Waals surface area contributed by atoms with Gasteiger partial charge >= 0.3 is 0 Å². The molecule has 0 unspecified atom stereocenters. The van der Waals surface area contributed by atoms with Crippen LogP contribution in [0.4, 0.5) is 0 Å². The monoisotopic (exact) mass is 630 g/mol. The number of nitrogens with one attached hydrogen (secondary N) is 1. The fourth-order valence-corrected chi connectivity index (χ4v) is 6.67. The van der Waals surface area contributed by atoms with Crippen molar-refractivity contribution in [2.75, 3.05) is 41.0 Å². The highest BCUT2D eigenvalue weighted by Crippen LogP contribution is 2.29. The summed E-state index contributed by atoms with van der Waals surface area (Å²) in [5.41, 5.74) is 0.926. The number of ether oxygens (including phenoxy) is 2. The van der Waals surface area contributed by atoms with Crippen molar-refractivity contribution in [3.05, 3.63) is 35.9 Å². The molecular weight excluding hydrogens is 576 g/mol. The van der Waals surface area contributed by atoms with E-state index in [-0.39, 0.29) is 48.1 Å². The summed E-state index contributed by atoms with van der Waals surface area (Å²) < 4.78 is 11.7. The molecule has 0 aliphatic carbocycles. The Morgan fingerprint density at radius 2 is 1.76 bits per heavy atom. The topological polar surface area (TPSA) is 118 Å². The largest absolute Gasteiger partial charge is 0.379 e. The van der Waals surface area contributed by atoms with Gasteiger partial charge in [-0.1, -0.05) is 57.5 Å². The fourth-order valence-electron chi connectivity index (χ4n) is 6.67. The van der Waals surface area contributed by atoms with E-state index in [9.17, 15) is 19.2 Å². The molecule has 2 fully saturated rings. The van der Waals surface area contributed by atoms with Gasteiger partial charge in [-0.25, -0.2) is 5.06 Å². The molecule has 2 aliphatic heterocycles. The van der Waals surface area contributed by atoms with Crippen LogP contribution >= 0.6 is 0 Å². The summed E-state index contributed by atoms with van der Waals surface area (Å²) in [6, 6.07) is 8.20. The van der Waals surface area contributed by atoms with Crippen LogP contribution in [0.15, 0.2) is 30.3 Å². The van der Waals surface area contributed by atoms with E-state index in [1.807, 2.05) is 30.3 Å². The first-order chi connectivity index (χ1) is 21.5. The summed E-state index contributed by atoms with van der Waals surface area (Å²) in [7, 11) is 4.89. The van der Waals surface area contributed by atoms with Gasteiger partial charge in [-0.2, -0.15) is 0 Å². The number of likely N-dealkylation sites (N-methyl/N-ethyl adjacent to an activating group) is 1. The van der Waals surface area contributed by atoms with Crippen LogP contribution in [0.25, 0.3) is 0 Å². The zero-order valence-electron chi connectivity index (χ0n) is 28.2. The first-order valence-electron chi connectivity index (χ1n) is 16.4. The standard InChI is InChI=1S/C34H54N4O7/c1-8-23(2)31(36(5)25(4)39)29(43-6)22-30(40)37-18-14-17-28(37)32(44-7)24(3)33(41)35-27(21-26-15-10-9-11-16-26)34(42)38-19-12-13-20-45-38/h9-11,15-16,23-24,27-29,31-32H,8,12-14,17-22H2,1-7H3,(H,35,41)/t23-,24+,27-,28-,29+,31-,32+/m0/s1. The zero-order valence-corrected chi connectivity index (χ0v) is 28.2. The molecule has 1 aromatic rings. The normalized spacial score (nSPS) is 20.9. The molecular formula is C34H54N4O7. The van der Waals surface area contributed by atoms with E-state index in [1.165, 1.54) is 12.0 Å². The van der Waals surface area contributed by atoms with E-state index in [0.29, 0.717) is 32.5 Å². The SMILES string of the molecule is CC[C@H](C)[C@@H]([C@@H](CC(=O)N1CCC[C@H]1[C@H](OC)[C@@H](C)C(=O)N[C@@H](Cc1ccccc1)C(=O)N1CCCCO1)OC)N(C)C(C)=O. The Bertz CT molecular complexity index is 1110. The highest BCUT2D eigenvalue weighted by molar-refractivity contribution is 5.88. The molecule has 0 radical (unpaired) electrons. The van der Waals surface area contributed by atoms with Crippen molar-refractivity contribution >= 4 is 23.6 Å². The van der Waals surface area contributed by atoms with E-state index in [0.717, 1.165) is 31.2 Å². The van der Waals surface area contributed by atoms with Gasteiger partial charge in [-0.05, 0) is 37.2 Å². The molecule has 1 aromatic carbocycles. The summed E-state index contributed by atoms with van der Waals surface area (Å²) in [5, 5.41) is 4.36. The summed E-state index contributed by atoms with van der Waals surface area (Å²) >= 11 is 0. The Morgan fingerprint density at radius 3 is 2.33 bits per heavy atom. The van der Waals surface area contributed by atoms with Crippen molar-refractivity contribution in [3.8, 4) is 0 Å². The van der Waals surface area contributed by atoms with Crippen LogP contribution in [0.3, 0.4) is 0 Å². The average Bonchev–Trinajstić information content (AvgIpc) is 3.54. The van der Waals surface area contributed by atoms with Crippen LogP contribution in [0, 0.1) is 11.8 Å². The number of amides is 4. The van der Waals surface area contributed by atoms with Gasteiger partial charge in [0.05, 0.1) is 43.2 Å². The maximum Gasteiger partial charge on any atom is 0.269 e. The van der Waals surface area contributed by atoms with Gasteiger partial charge in [0.15, 0.2) is 0 Å². The Hall–Kier alpha value is -3.02. The summed E-state index contributed by atoms with van der Waals surface area (Å²) in [6.45, 7) is 8.93. The number of hydroxylamine groups is 2. The predicted octanol–water partition coefficient (Wildman–Crippen LogP) is 3.21. The lowest BCUT2D eigenvalue weighted by Crippen LogP contribution is -2.55. The lowest BCUT2D eigenvalue weighted by Gasteiger charge is -2.39. The lowest BCUT2D eigenvalue weighted by atomic mass is 9.90. The number of rotatable bonds is 15. The number of methoxy groups -OCH3 is 2. The van der Waals surface area contributed by atoms with Gasteiger partial charge in [0.2, 0.25) is 17.7 Å². The van der Waals surface area contributed by atoms with Crippen molar-refractivity contribution in [3.63, 3.8) is 0 Å². The number of benzene rings is 1. The molecule has 0 spiro atoms. The molecule has 0 bridgehead atoms. The average molecular weight is 631 g/mol. The third-order valence-corrected chi connectivity index (χ3v) is 9.55. The van der Waals surface area contributed by atoms with Crippen molar-refractivity contribution in [1.82, 2.24) is 20.2 Å². The van der Waals surface area contributed by atoms with Crippen LogP contribution in [-0.2, 0) is 39.9 Å². The van der Waals surface area contributed by atoms with Crippen molar-refractivity contribution in [2.45, 2.75) is 103 Å². The molecule has 2 saturated heterocycles. The molecule has 45 heavy (non-hydrogen) atoms. The maximum absolute atomic E-state index is 13.8. The summed E-state index contributed by atoms with van der Waals surface area (Å²) in [6.07, 6.45) is 3.42. The minimum Gasteiger partial charge on any atom is -0.379 e. The number of likely N-dealkylation sites (tertiary alicyclic amines) is 1. The van der Waals surface area contributed by atoms with Gasteiger partial charge < -0.3 is 24.6 Å². The zero-order chi connectivity index (χ0) is 33.1. The number of carbonyl (C=O) groups excluding carboxylic acids is 4. The second kappa shape index (κ2) is 17.6.